The maximum atomic E-state index is 13.4. The van der Waals surface area contributed by atoms with Crippen molar-refractivity contribution in [2.45, 2.75) is 30.8 Å². The number of nitrogens with one attached hydrogen (secondary N) is 1. The average molecular weight is 407 g/mol. The molecule has 1 atom stereocenters. The molecular formula is C23H22N2O3S. The second-order valence-electron chi connectivity index (χ2n) is 7.21. The first-order chi connectivity index (χ1) is 13.9. The molecule has 3 aromatic rings. The van der Waals surface area contributed by atoms with E-state index in [0.717, 1.165) is 16.7 Å². The monoisotopic (exact) mass is 406 g/mol. The van der Waals surface area contributed by atoms with Gasteiger partial charge < -0.3 is 5.32 Å². The van der Waals surface area contributed by atoms with Gasteiger partial charge in [-0.3, -0.25) is 4.79 Å². The number of nitrogens with zero attached hydrogens (tertiary/aromatic N) is 1. The van der Waals surface area contributed by atoms with Gasteiger partial charge in [0.2, 0.25) is 15.9 Å². The zero-order chi connectivity index (χ0) is 20.4. The van der Waals surface area contributed by atoms with Gasteiger partial charge in [0.1, 0.15) is 6.04 Å². The second-order valence-corrected chi connectivity index (χ2v) is 9.10. The highest BCUT2D eigenvalue weighted by atomic mass is 32.2. The normalized spacial score (nSPS) is 16.8. The number of benzene rings is 3. The van der Waals surface area contributed by atoms with Crippen LogP contribution in [0, 0.1) is 6.92 Å². The number of amides is 1. The standard InChI is InChI=1S/C23H22N2O3S/c1-17-8-7-11-20(14-17)24-23(26)22-15-18-9-5-6-10-19(18)16-25(22)29(27,28)21-12-3-2-4-13-21/h2-14,22H,15-16H2,1H3,(H,24,26)/t22-/m0/s1. The first-order valence-corrected chi connectivity index (χ1v) is 10.9. The van der Waals surface area contributed by atoms with Crippen molar-refractivity contribution < 1.29 is 13.2 Å². The van der Waals surface area contributed by atoms with Crippen LogP contribution in [0.15, 0.2) is 83.8 Å². The summed E-state index contributed by atoms with van der Waals surface area (Å²) in [6.07, 6.45) is 0.333. The molecule has 1 aliphatic rings. The molecule has 5 nitrogen and oxygen atoms in total. The van der Waals surface area contributed by atoms with Gasteiger partial charge in [-0.15, -0.1) is 0 Å². The summed E-state index contributed by atoms with van der Waals surface area (Å²) in [6, 6.07) is 22.6. The van der Waals surface area contributed by atoms with Gasteiger partial charge in [0.05, 0.1) is 4.90 Å². The minimum atomic E-state index is -3.83. The Kier molecular flexibility index (Phi) is 5.22. The summed E-state index contributed by atoms with van der Waals surface area (Å²) in [5, 5.41) is 2.89. The number of aryl methyl sites for hydroxylation is 1. The van der Waals surface area contributed by atoms with E-state index in [-0.39, 0.29) is 17.3 Å². The van der Waals surface area contributed by atoms with Gasteiger partial charge in [-0.2, -0.15) is 4.31 Å². The van der Waals surface area contributed by atoms with Crippen LogP contribution >= 0.6 is 0 Å². The maximum Gasteiger partial charge on any atom is 0.244 e. The Bertz CT molecular complexity index is 1140. The molecule has 29 heavy (non-hydrogen) atoms. The van der Waals surface area contributed by atoms with Crippen LogP contribution in [-0.4, -0.2) is 24.7 Å². The zero-order valence-corrected chi connectivity index (χ0v) is 16.9. The molecule has 3 aromatic carbocycles. The average Bonchev–Trinajstić information content (AvgIpc) is 2.73. The van der Waals surface area contributed by atoms with E-state index in [9.17, 15) is 13.2 Å². The van der Waals surface area contributed by atoms with Crippen molar-refractivity contribution in [1.29, 1.82) is 0 Å². The van der Waals surface area contributed by atoms with E-state index in [1.165, 1.54) is 4.31 Å². The van der Waals surface area contributed by atoms with Crippen LogP contribution in [0.4, 0.5) is 5.69 Å². The van der Waals surface area contributed by atoms with Crippen LogP contribution in [0.3, 0.4) is 0 Å². The number of carbonyl (C=O) groups excluding carboxylic acids is 1. The summed E-state index contributed by atoms with van der Waals surface area (Å²) in [5.41, 5.74) is 3.60. The van der Waals surface area contributed by atoms with Crippen LogP contribution in [-0.2, 0) is 27.8 Å². The molecule has 0 radical (unpaired) electrons. The summed E-state index contributed by atoms with van der Waals surface area (Å²) in [7, 11) is -3.83. The van der Waals surface area contributed by atoms with Gasteiger partial charge >= 0.3 is 0 Å². The number of sulfonamides is 1. The largest absolute Gasteiger partial charge is 0.325 e. The first-order valence-electron chi connectivity index (χ1n) is 9.46. The van der Waals surface area contributed by atoms with E-state index in [2.05, 4.69) is 5.32 Å². The summed E-state index contributed by atoms with van der Waals surface area (Å²) in [6.45, 7) is 2.11. The number of fused-ring (bicyclic) bond motifs is 1. The molecule has 4 rings (SSSR count). The Hall–Kier alpha value is -2.96. The molecule has 6 heteroatoms. The lowest BCUT2D eigenvalue weighted by Crippen LogP contribution is -2.50. The van der Waals surface area contributed by atoms with E-state index in [0.29, 0.717) is 12.1 Å². The molecular weight excluding hydrogens is 384 g/mol. The fraction of sp³-hybridized carbons (Fsp3) is 0.174. The van der Waals surface area contributed by atoms with Crippen LogP contribution in [0.25, 0.3) is 0 Å². The predicted molar refractivity (Wildman–Crippen MR) is 113 cm³/mol. The van der Waals surface area contributed by atoms with Crippen molar-refractivity contribution in [1.82, 2.24) is 4.31 Å². The van der Waals surface area contributed by atoms with E-state index in [4.69, 9.17) is 0 Å². The second kappa shape index (κ2) is 7.81. The lowest BCUT2D eigenvalue weighted by molar-refractivity contribution is -0.120. The number of rotatable bonds is 4. The lowest BCUT2D eigenvalue weighted by Gasteiger charge is -2.35. The van der Waals surface area contributed by atoms with Crippen LogP contribution in [0.2, 0.25) is 0 Å². The number of hydrogen-bond donors (Lipinski definition) is 1. The summed E-state index contributed by atoms with van der Waals surface area (Å²) < 4.78 is 28.0. The van der Waals surface area contributed by atoms with Crippen molar-refractivity contribution in [3.05, 3.63) is 95.6 Å². The minimum Gasteiger partial charge on any atom is -0.325 e. The van der Waals surface area contributed by atoms with E-state index in [1.807, 2.05) is 49.4 Å². The number of hydrogen-bond acceptors (Lipinski definition) is 3. The molecule has 1 N–H and O–H groups in total. The molecule has 0 saturated heterocycles. The Morgan fingerprint density at radius 3 is 2.34 bits per heavy atom. The van der Waals surface area contributed by atoms with E-state index < -0.39 is 16.1 Å². The molecule has 0 fully saturated rings. The van der Waals surface area contributed by atoms with Crippen LogP contribution in [0.1, 0.15) is 16.7 Å². The number of anilines is 1. The third-order valence-electron chi connectivity index (χ3n) is 5.14. The summed E-state index contributed by atoms with van der Waals surface area (Å²) >= 11 is 0. The molecule has 0 bridgehead atoms. The van der Waals surface area contributed by atoms with Crippen LogP contribution < -0.4 is 5.32 Å². The topological polar surface area (TPSA) is 66.5 Å². The van der Waals surface area contributed by atoms with Gasteiger partial charge in [0.25, 0.3) is 0 Å². The molecule has 0 spiro atoms. The molecule has 148 valence electrons. The third-order valence-corrected chi connectivity index (χ3v) is 7.01. The molecule has 1 aliphatic heterocycles. The SMILES string of the molecule is Cc1cccc(NC(=O)[C@@H]2Cc3ccccc3CN2S(=O)(=O)c2ccccc2)c1. The third kappa shape index (κ3) is 3.95. The Labute approximate surface area is 171 Å². The Morgan fingerprint density at radius 2 is 1.62 bits per heavy atom. The minimum absolute atomic E-state index is 0.166. The highest BCUT2D eigenvalue weighted by molar-refractivity contribution is 7.89. The number of carbonyl (C=O) groups is 1. The van der Waals surface area contributed by atoms with E-state index in [1.54, 1.807) is 36.4 Å². The van der Waals surface area contributed by atoms with Gasteiger partial charge in [0, 0.05) is 12.2 Å². The quantitative estimate of drug-likeness (QED) is 0.718. The molecule has 0 saturated carbocycles. The highest BCUT2D eigenvalue weighted by Crippen LogP contribution is 2.29. The fourth-order valence-corrected chi connectivity index (χ4v) is 5.24. The Balaban J connectivity index is 1.71. The van der Waals surface area contributed by atoms with Gasteiger partial charge in [0.15, 0.2) is 0 Å². The lowest BCUT2D eigenvalue weighted by atomic mass is 9.95. The van der Waals surface area contributed by atoms with Crippen LogP contribution in [0.5, 0.6) is 0 Å². The summed E-state index contributed by atoms with van der Waals surface area (Å²) in [4.78, 5) is 13.3. The molecule has 0 aliphatic carbocycles. The van der Waals surface area contributed by atoms with E-state index >= 15 is 0 Å². The first kappa shape index (κ1) is 19.4. The van der Waals surface area contributed by atoms with Crippen molar-refractivity contribution in [3.63, 3.8) is 0 Å². The molecule has 1 heterocycles. The predicted octanol–water partition coefficient (Wildman–Crippen LogP) is 3.75. The van der Waals surface area contributed by atoms with Gasteiger partial charge in [-0.25, -0.2) is 8.42 Å². The zero-order valence-electron chi connectivity index (χ0n) is 16.1. The van der Waals surface area contributed by atoms with Crippen molar-refractivity contribution in [2.24, 2.45) is 0 Å². The smallest absolute Gasteiger partial charge is 0.244 e. The molecule has 1 amide bonds. The maximum absolute atomic E-state index is 13.4. The van der Waals surface area contributed by atoms with Crippen molar-refractivity contribution in [2.75, 3.05) is 5.32 Å². The van der Waals surface area contributed by atoms with Gasteiger partial charge in [-0.05, 0) is 54.3 Å². The van der Waals surface area contributed by atoms with Gasteiger partial charge in [-0.1, -0.05) is 54.6 Å². The van der Waals surface area contributed by atoms with Crippen molar-refractivity contribution >= 4 is 21.6 Å². The molecule has 0 aromatic heterocycles. The highest BCUT2D eigenvalue weighted by Gasteiger charge is 2.39. The van der Waals surface area contributed by atoms with Crippen molar-refractivity contribution in [3.8, 4) is 0 Å². The Morgan fingerprint density at radius 1 is 0.931 bits per heavy atom. The fourth-order valence-electron chi connectivity index (χ4n) is 3.65. The molecule has 0 unspecified atom stereocenters. The summed E-state index contributed by atoms with van der Waals surface area (Å²) in [5.74, 6) is -0.329.